The van der Waals surface area contributed by atoms with E-state index >= 15 is 0 Å². The molecule has 3 N–H and O–H groups in total. The number of carbonyl (C=O) groups excluding carboxylic acids is 1. The lowest BCUT2D eigenvalue weighted by atomic mass is 9.94. The summed E-state index contributed by atoms with van der Waals surface area (Å²) >= 11 is 0. The van der Waals surface area contributed by atoms with Crippen LogP contribution in [0.15, 0.2) is 18.2 Å². The molecule has 0 bridgehead atoms. The number of amides is 1. The van der Waals surface area contributed by atoms with Crippen molar-refractivity contribution >= 4 is 11.9 Å². The van der Waals surface area contributed by atoms with Crippen LogP contribution >= 0.6 is 0 Å². The molecule has 0 unspecified atom stereocenters. The average molecular weight is 292 g/mol. The predicted octanol–water partition coefficient (Wildman–Crippen LogP) is 0.769. The third-order valence-electron chi connectivity index (χ3n) is 3.68. The number of hydrogen-bond donors (Lipinski definition) is 2. The lowest BCUT2D eigenvalue weighted by Gasteiger charge is -2.47. The van der Waals surface area contributed by atoms with Crippen molar-refractivity contribution in [2.75, 3.05) is 19.7 Å². The maximum Gasteiger partial charge on any atom is 0.329 e. The highest BCUT2D eigenvalue weighted by Gasteiger charge is 2.40. The summed E-state index contributed by atoms with van der Waals surface area (Å²) < 4.78 is 5.37. The van der Waals surface area contributed by atoms with E-state index in [-0.39, 0.29) is 12.2 Å². The maximum absolute atomic E-state index is 11.1. The minimum atomic E-state index is -0.951. The first-order valence-corrected chi connectivity index (χ1v) is 6.76. The van der Waals surface area contributed by atoms with E-state index in [0.717, 1.165) is 17.7 Å². The van der Waals surface area contributed by atoms with Crippen LogP contribution in [0.25, 0.3) is 0 Å². The van der Waals surface area contributed by atoms with E-state index in [1.165, 1.54) is 0 Å². The summed E-state index contributed by atoms with van der Waals surface area (Å²) in [5.41, 5.74) is 7.52. The summed E-state index contributed by atoms with van der Waals surface area (Å²) in [6.45, 7) is 5.72. The second-order valence-electron chi connectivity index (χ2n) is 5.78. The molecule has 1 saturated heterocycles. The van der Waals surface area contributed by atoms with Crippen molar-refractivity contribution in [3.8, 4) is 0 Å². The maximum atomic E-state index is 11.1. The molecule has 21 heavy (non-hydrogen) atoms. The van der Waals surface area contributed by atoms with E-state index in [9.17, 15) is 9.59 Å². The second kappa shape index (κ2) is 5.83. The molecule has 1 heterocycles. The van der Waals surface area contributed by atoms with Gasteiger partial charge < -0.3 is 15.6 Å². The van der Waals surface area contributed by atoms with Gasteiger partial charge in [0.15, 0.2) is 0 Å². The third kappa shape index (κ3) is 3.80. The Labute approximate surface area is 123 Å². The van der Waals surface area contributed by atoms with Gasteiger partial charge in [-0.2, -0.15) is 0 Å². The summed E-state index contributed by atoms with van der Waals surface area (Å²) in [6.07, 6.45) is 0. The zero-order chi connectivity index (χ0) is 15.6. The molecule has 1 aromatic carbocycles. The summed E-state index contributed by atoms with van der Waals surface area (Å²) in [4.78, 5) is 23.8. The quantitative estimate of drug-likeness (QED) is 0.808. The predicted molar refractivity (Wildman–Crippen MR) is 77.0 cm³/mol. The number of carboxylic acids is 1. The van der Waals surface area contributed by atoms with Crippen LogP contribution in [0.4, 0.5) is 0 Å². The molecule has 6 heteroatoms. The SMILES string of the molecule is Cc1cc(C(N)=O)ccc1CN1CC(C)(OCC(=O)O)C1. The summed E-state index contributed by atoms with van der Waals surface area (Å²) in [7, 11) is 0. The van der Waals surface area contributed by atoms with Gasteiger partial charge in [0.25, 0.3) is 0 Å². The lowest BCUT2D eigenvalue weighted by Crippen LogP contribution is -2.61. The van der Waals surface area contributed by atoms with E-state index in [1.807, 2.05) is 19.9 Å². The number of benzene rings is 1. The molecule has 1 fully saturated rings. The number of rotatable bonds is 6. The second-order valence-corrected chi connectivity index (χ2v) is 5.78. The van der Waals surface area contributed by atoms with Crippen LogP contribution in [0.2, 0.25) is 0 Å². The normalized spacial score (nSPS) is 17.2. The molecule has 1 aliphatic heterocycles. The van der Waals surface area contributed by atoms with Gasteiger partial charge in [-0.3, -0.25) is 9.69 Å². The highest BCUT2D eigenvalue weighted by molar-refractivity contribution is 5.93. The molecular weight excluding hydrogens is 272 g/mol. The van der Waals surface area contributed by atoms with Crippen molar-refractivity contribution in [3.63, 3.8) is 0 Å². The number of carboxylic acid groups (broad SMARTS) is 1. The van der Waals surface area contributed by atoms with E-state index in [0.29, 0.717) is 18.7 Å². The Morgan fingerprint density at radius 1 is 1.43 bits per heavy atom. The molecule has 1 aromatic rings. The fourth-order valence-electron chi connectivity index (χ4n) is 2.61. The van der Waals surface area contributed by atoms with Crippen molar-refractivity contribution < 1.29 is 19.4 Å². The number of nitrogens with zero attached hydrogens (tertiary/aromatic N) is 1. The third-order valence-corrected chi connectivity index (χ3v) is 3.68. The zero-order valence-corrected chi connectivity index (χ0v) is 12.3. The number of aryl methyl sites for hydroxylation is 1. The molecule has 0 aliphatic carbocycles. The minimum Gasteiger partial charge on any atom is -0.480 e. The molecule has 0 atom stereocenters. The van der Waals surface area contributed by atoms with Crippen molar-refractivity contribution in [3.05, 3.63) is 34.9 Å². The van der Waals surface area contributed by atoms with Crippen molar-refractivity contribution in [1.82, 2.24) is 4.90 Å². The zero-order valence-electron chi connectivity index (χ0n) is 12.3. The fraction of sp³-hybridized carbons (Fsp3) is 0.467. The van der Waals surface area contributed by atoms with Gasteiger partial charge in [0.05, 0.1) is 5.60 Å². The van der Waals surface area contributed by atoms with Gasteiger partial charge in [0.1, 0.15) is 6.61 Å². The van der Waals surface area contributed by atoms with Gasteiger partial charge in [-0.1, -0.05) is 6.07 Å². The molecular formula is C15H20N2O4. The minimum absolute atomic E-state index is 0.267. The highest BCUT2D eigenvalue weighted by atomic mass is 16.5. The largest absolute Gasteiger partial charge is 0.480 e. The van der Waals surface area contributed by atoms with Gasteiger partial charge >= 0.3 is 5.97 Å². The first kappa shape index (κ1) is 15.5. The Kier molecular flexibility index (Phi) is 4.29. The number of aliphatic carboxylic acids is 1. The average Bonchev–Trinajstić information content (AvgIpc) is 2.36. The number of primary amides is 1. The Hall–Kier alpha value is -1.92. The smallest absolute Gasteiger partial charge is 0.329 e. The van der Waals surface area contributed by atoms with Gasteiger partial charge in [-0.15, -0.1) is 0 Å². The lowest BCUT2D eigenvalue weighted by molar-refractivity contribution is -0.165. The van der Waals surface area contributed by atoms with Gasteiger partial charge in [-0.05, 0) is 37.1 Å². The highest BCUT2D eigenvalue weighted by Crippen LogP contribution is 2.27. The standard InChI is InChI=1S/C15H20N2O4/c1-10-5-11(14(16)20)3-4-12(10)6-17-8-15(2,9-17)21-7-13(18)19/h3-5H,6-9H2,1-2H3,(H2,16,20)(H,18,19). The van der Waals surface area contributed by atoms with E-state index in [2.05, 4.69) is 4.90 Å². The summed E-state index contributed by atoms with van der Waals surface area (Å²) in [5, 5.41) is 8.63. The van der Waals surface area contributed by atoms with Crippen LogP contribution < -0.4 is 5.73 Å². The van der Waals surface area contributed by atoms with Crippen LogP contribution in [0.1, 0.15) is 28.4 Å². The summed E-state index contributed by atoms with van der Waals surface area (Å²) in [5.74, 6) is -1.38. The molecule has 1 amide bonds. The molecule has 2 rings (SSSR count). The molecule has 0 aromatic heterocycles. The number of carbonyl (C=O) groups is 2. The van der Waals surface area contributed by atoms with Gasteiger partial charge in [-0.25, -0.2) is 4.79 Å². The number of nitrogens with two attached hydrogens (primary N) is 1. The molecule has 114 valence electrons. The number of likely N-dealkylation sites (tertiary alicyclic amines) is 1. The molecule has 0 radical (unpaired) electrons. The van der Waals surface area contributed by atoms with Crippen LogP contribution in [-0.4, -0.2) is 47.2 Å². The van der Waals surface area contributed by atoms with Crippen molar-refractivity contribution in [1.29, 1.82) is 0 Å². The number of ether oxygens (including phenoxy) is 1. The molecule has 0 saturated carbocycles. The Bertz CT molecular complexity index is 565. The molecule has 1 aliphatic rings. The van der Waals surface area contributed by atoms with Crippen LogP contribution in [0.3, 0.4) is 0 Å². The van der Waals surface area contributed by atoms with E-state index in [1.54, 1.807) is 12.1 Å². The first-order valence-electron chi connectivity index (χ1n) is 6.76. The van der Waals surface area contributed by atoms with E-state index in [4.69, 9.17) is 15.6 Å². The van der Waals surface area contributed by atoms with Gasteiger partial charge in [0, 0.05) is 25.2 Å². The van der Waals surface area contributed by atoms with Crippen molar-refractivity contribution in [2.45, 2.75) is 26.0 Å². The van der Waals surface area contributed by atoms with Crippen LogP contribution in [-0.2, 0) is 16.1 Å². The Morgan fingerprint density at radius 3 is 2.62 bits per heavy atom. The van der Waals surface area contributed by atoms with Crippen LogP contribution in [0, 0.1) is 6.92 Å². The Morgan fingerprint density at radius 2 is 2.10 bits per heavy atom. The Balaban J connectivity index is 1.90. The topological polar surface area (TPSA) is 92.9 Å². The summed E-state index contributed by atoms with van der Waals surface area (Å²) in [6, 6.07) is 5.42. The monoisotopic (exact) mass is 292 g/mol. The molecule has 0 spiro atoms. The fourth-order valence-corrected chi connectivity index (χ4v) is 2.61. The van der Waals surface area contributed by atoms with E-state index < -0.39 is 11.9 Å². The number of hydrogen-bond acceptors (Lipinski definition) is 4. The first-order chi connectivity index (χ1) is 9.79. The molecule has 6 nitrogen and oxygen atoms in total. The van der Waals surface area contributed by atoms with Gasteiger partial charge in [0.2, 0.25) is 5.91 Å². The van der Waals surface area contributed by atoms with Crippen LogP contribution in [0.5, 0.6) is 0 Å². The van der Waals surface area contributed by atoms with Crippen molar-refractivity contribution in [2.24, 2.45) is 5.73 Å².